The Kier molecular flexibility index (Phi) is 3.64. The highest BCUT2D eigenvalue weighted by Gasteiger charge is 2.30. The Bertz CT molecular complexity index is 1160. The lowest BCUT2D eigenvalue weighted by Crippen LogP contribution is -2.35. The molecule has 0 aliphatic carbocycles. The van der Waals surface area contributed by atoms with Crippen molar-refractivity contribution < 1.29 is 29.6 Å². The predicted octanol–water partition coefficient (Wildman–Crippen LogP) is 2.73. The van der Waals surface area contributed by atoms with E-state index >= 15 is 0 Å². The third kappa shape index (κ3) is 2.60. The van der Waals surface area contributed by atoms with Crippen LogP contribution in [0.5, 0.6) is 23.0 Å². The fourth-order valence-electron chi connectivity index (χ4n) is 3.09. The van der Waals surface area contributed by atoms with Gasteiger partial charge in [-0.25, -0.2) is 0 Å². The van der Waals surface area contributed by atoms with Crippen LogP contribution in [0.15, 0.2) is 45.8 Å². The van der Waals surface area contributed by atoms with E-state index in [0.717, 1.165) is 6.07 Å². The minimum Gasteiger partial charge on any atom is -0.508 e. The van der Waals surface area contributed by atoms with Gasteiger partial charge in [-0.2, -0.15) is 0 Å². The first-order chi connectivity index (χ1) is 12.8. The molecule has 7 nitrogen and oxygen atoms in total. The van der Waals surface area contributed by atoms with Crippen molar-refractivity contribution in [1.82, 2.24) is 0 Å². The molecule has 1 atom stereocenters. The number of fused-ring (bicyclic) bond motifs is 3. The van der Waals surface area contributed by atoms with Crippen molar-refractivity contribution in [2.75, 3.05) is 6.61 Å². The first-order valence-electron chi connectivity index (χ1n) is 8.16. The minimum absolute atomic E-state index is 0.0381. The molecule has 0 radical (unpaired) electrons. The lowest BCUT2D eigenvalue weighted by atomic mass is 9.97. The van der Waals surface area contributed by atoms with Gasteiger partial charge in [0.1, 0.15) is 40.2 Å². The first-order valence-corrected chi connectivity index (χ1v) is 8.16. The average Bonchev–Trinajstić information content (AvgIpc) is 2.62. The summed E-state index contributed by atoms with van der Waals surface area (Å²) in [5.74, 6) is -0.496. The van der Waals surface area contributed by atoms with Crippen LogP contribution in [-0.2, 0) is 0 Å². The third-order valence-electron chi connectivity index (χ3n) is 4.56. The van der Waals surface area contributed by atoms with E-state index in [0.29, 0.717) is 5.56 Å². The summed E-state index contributed by atoms with van der Waals surface area (Å²) >= 11 is 0. The van der Waals surface area contributed by atoms with Crippen molar-refractivity contribution in [2.45, 2.75) is 12.5 Å². The van der Waals surface area contributed by atoms with Crippen LogP contribution in [0.1, 0.15) is 12.5 Å². The van der Waals surface area contributed by atoms with E-state index in [1.807, 2.05) is 0 Å². The van der Waals surface area contributed by atoms with Crippen molar-refractivity contribution in [1.29, 1.82) is 0 Å². The van der Waals surface area contributed by atoms with Crippen LogP contribution in [-0.4, -0.2) is 32.6 Å². The van der Waals surface area contributed by atoms with Crippen LogP contribution in [0.2, 0.25) is 0 Å². The van der Waals surface area contributed by atoms with Gasteiger partial charge in [-0.15, -0.1) is 0 Å². The van der Waals surface area contributed by atoms with Crippen LogP contribution >= 0.6 is 0 Å². The van der Waals surface area contributed by atoms with Gasteiger partial charge in [-0.3, -0.25) is 4.79 Å². The number of aliphatic hydroxyl groups is 1. The Morgan fingerprint density at radius 3 is 2.56 bits per heavy atom. The molecule has 0 amide bonds. The standard InChI is InChI=1S/C20H16O7/c1-20(9-21)5-4-12-16(27-20)7-15(24)17-18(25)13(8-26-19(12)17)11-3-2-10(22)6-14(11)23/h2-8,21-24H,9H2,1H3/t20-/m0/s1. The zero-order valence-electron chi connectivity index (χ0n) is 14.3. The molecule has 0 bridgehead atoms. The first kappa shape index (κ1) is 17.0. The van der Waals surface area contributed by atoms with Crippen LogP contribution in [0.4, 0.5) is 0 Å². The Labute approximate surface area is 153 Å². The number of aliphatic hydroxyl groups excluding tert-OH is 1. The van der Waals surface area contributed by atoms with Gasteiger partial charge in [0, 0.05) is 17.7 Å². The van der Waals surface area contributed by atoms with Crippen molar-refractivity contribution in [3.05, 3.63) is 52.4 Å². The minimum atomic E-state index is -0.939. The predicted molar refractivity (Wildman–Crippen MR) is 98.1 cm³/mol. The molecule has 3 aromatic rings. The normalized spacial score (nSPS) is 18.3. The molecule has 4 rings (SSSR count). The SMILES string of the molecule is C[C@@]1(CO)C=Cc2c(cc(O)c3c(=O)c(-c4ccc(O)cc4O)coc23)O1. The molecule has 1 aromatic heterocycles. The largest absolute Gasteiger partial charge is 0.508 e. The Hall–Kier alpha value is -3.45. The summed E-state index contributed by atoms with van der Waals surface area (Å²) in [6.45, 7) is 1.42. The van der Waals surface area contributed by atoms with Gasteiger partial charge in [0.25, 0.3) is 0 Å². The summed E-state index contributed by atoms with van der Waals surface area (Å²) in [5, 5.41) is 39.3. The van der Waals surface area contributed by atoms with E-state index in [2.05, 4.69) is 0 Å². The van der Waals surface area contributed by atoms with E-state index in [1.165, 1.54) is 24.5 Å². The Morgan fingerprint density at radius 2 is 1.85 bits per heavy atom. The molecule has 0 fully saturated rings. The van der Waals surface area contributed by atoms with E-state index in [4.69, 9.17) is 9.15 Å². The smallest absolute Gasteiger partial charge is 0.204 e. The number of phenols is 3. The number of aromatic hydroxyl groups is 3. The monoisotopic (exact) mass is 368 g/mol. The van der Waals surface area contributed by atoms with Gasteiger partial charge in [0.05, 0.1) is 17.7 Å². The number of phenolic OH excluding ortho intramolecular Hbond substituents is 3. The number of rotatable bonds is 2. The van der Waals surface area contributed by atoms with Crippen molar-refractivity contribution >= 4 is 17.0 Å². The number of hydrogen-bond acceptors (Lipinski definition) is 7. The zero-order valence-corrected chi connectivity index (χ0v) is 14.3. The van der Waals surface area contributed by atoms with E-state index in [9.17, 15) is 25.2 Å². The van der Waals surface area contributed by atoms with E-state index < -0.39 is 11.0 Å². The van der Waals surface area contributed by atoms with Crippen LogP contribution in [0.25, 0.3) is 28.2 Å². The molecule has 0 saturated carbocycles. The molecule has 7 heteroatoms. The second-order valence-corrected chi connectivity index (χ2v) is 6.60. The highest BCUT2D eigenvalue weighted by atomic mass is 16.5. The number of ether oxygens (including phenoxy) is 1. The maximum atomic E-state index is 13.0. The molecule has 0 saturated heterocycles. The Morgan fingerprint density at radius 1 is 1.07 bits per heavy atom. The van der Waals surface area contributed by atoms with Gasteiger partial charge in [0.2, 0.25) is 5.43 Å². The number of hydrogen-bond donors (Lipinski definition) is 4. The maximum Gasteiger partial charge on any atom is 0.204 e. The molecular formula is C20H16O7. The summed E-state index contributed by atoms with van der Waals surface area (Å²) in [6.07, 6.45) is 4.49. The topological polar surface area (TPSA) is 120 Å². The van der Waals surface area contributed by atoms with Crippen LogP contribution in [0, 0.1) is 0 Å². The average molecular weight is 368 g/mol. The summed E-state index contributed by atoms with van der Waals surface area (Å²) in [5.41, 5.74) is -0.677. The van der Waals surface area contributed by atoms with Gasteiger partial charge in [0.15, 0.2) is 5.58 Å². The second-order valence-electron chi connectivity index (χ2n) is 6.60. The second kappa shape index (κ2) is 5.78. The van der Waals surface area contributed by atoms with Crippen molar-refractivity contribution in [2.24, 2.45) is 0 Å². The van der Waals surface area contributed by atoms with Gasteiger partial charge in [-0.1, -0.05) is 0 Å². The zero-order chi connectivity index (χ0) is 19.3. The quantitative estimate of drug-likeness (QED) is 0.549. The van der Waals surface area contributed by atoms with E-state index in [-0.39, 0.29) is 51.7 Å². The summed E-state index contributed by atoms with van der Waals surface area (Å²) in [6, 6.07) is 5.12. The molecule has 1 aliphatic heterocycles. The molecule has 0 spiro atoms. The van der Waals surface area contributed by atoms with Crippen LogP contribution in [0.3, 0.4) is 0 Å². The number of benzene rings is 2. The molecule has 27 heavy (non-hydrogen) atoms. The van der Waals surface area contributed by atoms with Crippen molar-refractivity contribution in [3.8, 4) is 34.1 Å². The fraction of sp³-hybridized carbons (Fsp3) is 0.150. The highest BCUT2D eigenvalue weighted by Crippen LogP contribution is 2.41. The third-order valence-corrected chi connectivity index (χ3v) is 4.56. The van der Waals surface area contributed by atoms with Gasteiger partial charge >= 0.3 is 0 Å². The lowest BCUT2D eigenvalue weighted by Gasteiger charge is -2.30. The molecule has 1 aliphatic rings. The van der Waals surface area contributed by atoms with Crippen LogP contribution < -0.4 is 10.2 Å². The molecule has 138 valence electrons. The fourth-order valence-corrected chi connectivity index (χ4v) is 3.09. The van der Waals surface area contributed by atoms with Crippen molar-refractivity contribution in [3.63, 3.8) is 0 Å². The highest BCUT2D eigenvalue weighted by molar-refractivity contribution is 5.95. The molecule has 2 heterocycles. The molecule has 2 aromatic carbocycles. The van der Waals surface area contributed by atoms with Gasteiger partial charge < -0.3 is 29.6 Å². The summed E-state index contributed by atoms with van der Waals surface area (Å²) in [7, 11) is 0. The summed E-state index contributed by atoms with van der Waals surface area (Å²) < 4.78 is 11.3. The maximum absolute atomic E-state index is 13.0. The Balaban J connectivity index is 1.97. The molecule has 0 unspecified atom stereocenters. The van der Waals surface area contributed by atoms with Gasteiger partial charge in [-0.05, 0) is 31.2 Å². The van der Waals surface area contributed by atoms with E-state index in [1.54, 1.807) is 19.1 Å². The molecular weight excluding hydrogens is 352 g/mol. The summed E-state index contributed by atoms with van der Waals surface area (Å²) in [4.78, 5) is 13.0. The lowest BCUT2D eigenvalue weighted by molar-refractivity contribution is 0.0640. The molecule has 4 N–H and O–H groups in total.